The Morgan fingerprint density at radius 2 is 1.70 bits per heavy atom. The van der Waals surface area contributed by atoms with Crippen molar-refractivity contribution in [3.63, 3.8) is 0 Å². The van der Waals surface area contributed by atoms with E-state index in [0.29, 0.717) is 16.3 Å². The Bertz CT molecular complexity index is 760. The summed E-state index contributed by atoms with van der Waals surface area (Å²) in [6, 6.07) is 9.22. The molecule has 0 radical (unpaired) electrons. The first kappa shape index (κ1) is 15.4. The number of sulfonamides is 1. The highest BCUT2D eigenvalue weighted by Gasteiger charge is 2.19. The van der Waals surface area contributed by atoms with Gasteiger partial charge in [-0.2, -0.15) is 0 Å². The zero-order valence-electron chi connectivity index (χ0n) is 10.3. The number of nitrogens with one attached hydrogen (secondary N) is 1. The molecule has 0 fully saturated rings. The lowest BCUT2D eigenvalue weighted by Gasteiger charge is -2.12. The van der Waals surface area contributed by atoms with Gasteiger partial charge in [-0.3, -0.25) is 4.72 Å². The molecule has 0 bridgehead atoms. The first-order valence-electron chi connectivity index (χ1n) is 5.54. The predicted molar refractivity (Wildman–Crippen MR) is 83.5 cm³/mol. The molecule has 0 aliphatic rings. The van der Waals surface area contributed by atoms with Crippen LogP contribution in [-0.2, 0) is 10.0 Å². The topological polar surface area (TPSA) is 46.2 Å². The van der Waals surface area contributed by atoms with E-state index in [2.05, 4.69) is 4.72 Å². The molecule has 0 amide bonds. The number of rotatable bonds is 3. The highest BCUT2D eigenvalue weighted by Crippen LogP contribution is 2.29. The zero-order valence-corrected chi connectivity index (χ0v) is 13.4. The lowest BCUT2D eigenvalue weighted by atomic mass is 10.2. The lowest BCUT2D eigenvalue weighted by Crippen LogP contribution is -2.14. The Labute approximate surface area is 132 Å². The summed E-state index contributed by atoms with van der Waals surface area (Å²) in [6.45, 7) is 1.72. The van der Waals surface area contributed by atoms with Gasteiger partial charge in [0.1, 0.15) is 4.90 Å². The second kappa shape index (κ2) is 5.82. The van der Waals surface area contributed by atoms with Gasteiger partial charge in [0.2, 0.25) is 0 Å². The SMILES string of the molecule is Cc1c(Cl)cccc1NS(=O)(=O)c1cc(Cl)ccc1Cl. The molecule has 20 heavy (non-hydrogen) atoms. The second-order valence-corrected chi connectivity index (χ2v) is 6.99. The van der Waals surface area contributed by atoms with Crippen molar-refractivity contribution < 1.29 is 8.42 Å². The normalized spacial score (nSPS) is 11.4. The van der Waals surface area contributed by atoms with Crippen molar-refractivity contribution >= 4 is 50.5 Å². The smallest absolute Gasteiger partial charge is 0.263 e. The quantitative estimate of drug-likeness (QED) is 0.867. The Balaban J connectivity index is 2.46. The molecule has 0 aliphatic carbocycles. The maximum absolute atomic E-state index is 12.3. The third-order valence-electron chi connectivity index (χ3n) is 2.69. The summed E-state index contributed by atoms with van der Waals surface area (Å²) in [6.07, 6.45) is 0. The molecule has 106 valence electrons. The molecule has 3 nitrogen and oxygen atoms in total. The molecule has 2 aromatic carbocycles. The van der Waals surface area contributed by atoms with Gasteiger partial charge in [-0.25, -0.2) is 8.42 Å². The first-order valence-corrected chi connectivity index (χ1v) is 8.16. The summed E-state index contributed by atoms with van der Waals surface area (Å²) in [5, 5.41) is 0.863. The molecule has 1 N–H and O–H groups in total. The van der Waals surface area contributed by atoms with E-state index in [-0.39, 0.29) is 14.9 Å². The van der Waals surface area contributed by atoms with Gasteiger partial charge in [0.15, 0.2) is 0 Å². The van der Waals surface area contributed by atoms with Gasteiger partial charge in [-0.1, -0.05) is 40.9 Å². The average molecular weight is 351 g/mol. The van der Waals surface area contributed by atoms with Crippen LogP contribution in [0.5, 0.6) is 0 Å². The molecule has 0 aromatic heterocycles. The number of hydrogen-bond donors (Lipinski definition) is 1. The van der Waals surface area contributed by atoms with E-state index in [1.54, 1.807) is 25.1 Å². The van der Waals surface area contributed by atoms with Gasteiger partial charge < -0.3 is 0 Å². The monoisotopic (exact) mass is 349 g/mol. The standard InChI is InChI=1S/C13H10Cl3NO2S/c1-8-10(15)3-2-4-12(8)17-20(18,19)13-7-9(14)5-6-11(13)16/h2-7,17H,1H3. The van der Waals surface area contributed by atoms with Gasteiger partial charge in [0.25, 0.3) is 10.0 Å². The Kier molecular flexibility index (Phi) is 4.49. The van der Waals surface area contributed by atoms with E-state index < -0.39 is 10.0 Å². The summed E-state index contributed by atoms with van der Waals surface area (Å²) >= 11 is 17.7. The van der Waals surface area contributed by atoms with Gasteiger partial charge >= 0.3 is 0 Å². The van der Waals surface area contributed by atoms with Crippen LogP contribution >= 0.6 is 34.8 Å². The molecule has 0 unspecified atom stereocenters. The van der Waals surface area contributed by atoms with E-state index in [1.807, 2.05) is 0 Å². The summed E-state index contributed by atoms with van der Waals surface area (Å²) in [5.74, 6) is 0. The predicted octanol–water partition coefficient (Wildman–Crippen LogP) is 4.76. The molecule has 0 aliphatic heterocycles. The van der Waals surface area contributed by atoms with E-state index in [4.69, 9.17) is 34.8 Å². The molecule has 7 heteroatoms. The zero-order chi connectivity index (χ0) is 14.9. The van der Waals surface area contributed by atoms with Crippen LogP contribution in [0.4, 0.5) is 5.69 Å². The summed E-state index contributed by atoms with van der Waals surface area (Å²) in [4.78, 5) is -0.0777. The van der Waals surface area contributed by atoms with Crippen LogP contribution in [0.15, 0.2) is 41.3 Å². The summed E-state index contributed by atoms with van der Waals surface area (Å²) in [7, 11) is -3.83. The number of anilines is 1. The molecule has 2 rings (SSSR count). The van der Waals surface area contributed by atoms with Crippen molar-refractivity contribution in [3.8, 4) is 0 Å². The minimum Gasteiger partial charge on any atom is -0.279 e. The Morgan fingerprint density at radius 3 is 2.40 bits per heavy atom. The van der Waals surface area contributed by atoms with E-state index in [1.165, 1.54) is 18.2 Å². The lowest BCUT2D eigenvalue weighted by molar-refractivity contribution is 0.601. The fourth-order valence-electron chi connectivity index (χ4n) is 1.60. The molecule has 2 aromatic rings. The van der Waals surface area contributed by atoms with Gasteiger partial charge in [0.05, 0.1) is 10.7 Å². The first-order chi connectivity index (χ1) is 9.31. The van der Waals surface area contributed by atoms with Crippen LogP contribution in [0.3, 0.4) is 0 Å². The molecule has 0 spiro atoms. The second-order valence-electron chi connectivity index (χ2n) is 4.09. The van der Waals surface area contributed by atoms with Crippen molar-refractivity contribution in [1.82, 2.24) is 0 Å². The van der Waals surface area contributed by atoms with Crippen molar-refractivity contribution in [2.75, 3.05) is 4.72 Å². The van der Waals surface area contributed by atoms with Crippen LogP contribution in [-0.4, -0.2) is 8.42 Å². The van der Waals surface area contributed by atoms with Gasteiger partial charge in [0, 0.05) is 10.0 Å². The summed E-state index contributed by atoms with van der Waals surface area (Å²) in [5.41, 5.74) is 1.03. The highest BCUT2D eigenvalue weighted by molar-refractivity contribution is 7.92. The van der Waals surface area contributed by atoms with E-state index in [0.717, 1.165) is 0 Å². The maximum atomic E-state index is 12.3. The molecule has 0 heterocycles. The molecular weight excluding hydrogens is 341 g/mol. The fourth-order valence-corrected chi connectivity index (χ4v) is 3.66. The van der Waals surface area contributed by atoms with E-state index >= 15 is 0 Å². The Hall–Kier alpha value is -0.940. The minimum atomic E-state index is -3.83. The van der Waals surface area contributed by atoms with Crippen LogP contribution in [0.1, 0.15) is 5.56 Å². The fraction of sp³-hybridized carbons (Fsp3) is 0.0769. The van der Waals surface area contributed by atoms with E-state index in [9.17, 15) is 8.42 Å². The van der Waals surface area contributed by atoms with Crippen molar-refractivity contribution in [2.24, 2.45) is 0 Å². The third kappa shape index (κ3) is 3.20. The Morgan fingerprint density at radius 1 is 1.00 bits per heavy atom. The van der Waals surface area contributed by atoms with Crippen molar-refractivity contribution in [3.05, 3.63) is 57.0 Å². The average Bonchev–Trinajstić information content (AvgIpc) is 2.37. The minimum absolute atomic E-state index is 0.0777. The summed E-state index contributed by atoms with van der Waals surface area (Å²) < 4.78 is 27.1. The number of hydrogen-bond acceptors (Lipinski definition) is 2. The largest absolute Gasteiger partial charge is 0.279 e. The van der Waals surface area contributed by atoms with Crippen LogP contribution in [0, 0.1) is 6.92 Å². The molecular formula is C13H10Cl3NO2S. The number of benzene rings is 2. The van der Waals surface area contributed by atoms with Crippen molar-refractivity contribution in [2.45, 2.75) is 11.8 Å². The van der Waals surface area contributed by atoms with Crippen LogP contribution < -0.4 is 4.72 Å². The molecule has 0 saturated carbocycles. The highest BCUT2D eigenvalue weighted by atomic mass is 35.5. The third-order valence-corrected chi connectivity index (χ3v) is 5.19. The van der Waals surface area contributed by atoms with Crippen molar-refractivity contribution in [1.29, 1.82) is 0 Å². The van der Waals surface area contributed by atoms with Gasteiger partial charge in [-0.15, -0.1) is 0 Å². The molecule has 0 saturated heterocycles. The maximum Gasteiger partial charge on any atom is 0.263 e. The number of halogens is 3. The van der Waals surface area contributed by atoms with Gasteiger partial charge in [-0.05, 0) is 42.8 Å². The van der Waals surface area contributed by atoms with Crippen LogP contribution in [0.2, 0.25) is 15.1 Å². The van der Waals surface area contributed by atoms with Crippen LogP contribution in [0.25, 0.3) is 0 Å². The molecule has 0 atom stereocenters.